The minimum atomic E-state index is -0.147. The van der Waals surface area contributed by atoms with Crippen molar-refractivity contribution in [1.82, 2.24) is 4.90 Å². The largest absolute Gasteiger partial charge is 0.508 e. The maximum Gasteiger partial charge on any atom is 0.185 e. The average Bonchev–Trinajstić information content (AvgIpc) is 3.67. The summed E-state index contributed by atoms with van der Waals surface area (Å²) in [7, 11) is 0. The van der Waals surface area contributed by atoms with Crippen LogP contribution in [0.2, 0.25) is 0 Å². The summed E-state index contributed by atoms with van der Waals surface area (Å²) in [6.07, 6.45) is 9.41. The summed E-state index contributed by atoms with van der Waals surface area (Å²) in [5, 5.41) is 10.4. The Balaban J connectivity index is 1.15. The fourth-order valence-corrected chi connectivity index (χ4v) is 4.39. The van der Waals surface area contributed by atoms with E-state index >= 15 is 0 Å². The first-order valence-corrected chi connectivity index (χ1v) is 12.5. The van der Waals surface area contributed by atoms with E-state index < -0.39 is 0 Å². The van der Waals surface area contributed by atoms with Crippen molar-refractivity contribution < 1.29 is 23.5 Å². The van der Waals surface area contributed by atoms with Crippen molar-refractivity contribution in [2.24, 2.45) is 0 Å². The highest BCUT2D eigenvalue weighted by Gasteiger charge is 2.19. The maximum atomic E-state index is 12.6. The van der Waals surface area contributed by atoms with Gasteiger partial charge in [0.15, 0.2) is 11.6 Å². The van der Waals surface area contributed by atoms with Crippen molar-refractivity contribution in [2.45, 2.75) is 6.54 Å². The fourth-order valence-electron chi connectivity index (χ4n) is 4.39. The number of aromatic hydroxyl groups is 1. The summed E-state index contributed by atoms with van der Waals surface area (Å²) in [6, 6.07) is 19.7. The molecule has 0 amide bonds. The van der Waals surface area contributed by atoms with Gasteiger partial charge in [0.1, 0.15) is 17.3 Å². The Hall–Kier alpha value is -4.62. The second kappa shape index (κ2) is 11.6. The van der Waals surface area contributed by atoms with Crippen LogP contribution in [0.3, 0.4) is 0 Å². The first-order chi connectivity index (χ1) is 18.5. The lowest BCUT2D eigenvalue weighted by atomic mass is 10.0. The predicted octanol–water partition coefficient (Wildman–Crippen LogP) is 5.69. The number of benzene rings is 2. The summed E-state index contributed by atoms with van der Waals surface area (Å²) in [4.78, 5) is 29.6. The lowest BCUT2D eigenvalue weighted by Crippen LogP contribution is -2.46. The number of piperazine rings is 1. The second-order valence-electron chi connectivity index (χ2n) is 9.08. The second-order valence-corrected chi connectivity index (χ2v) is 9.08. The number of phenolic OH excluding ortho intramolecular Hbond substituents is 1. The molecule has 0 bridgehead atoms. The highest BCUT2D eigenvalue weighted by Crippen LogP contribution is 2.23. The fraction of sp³-hybridized carbons (Fsp3) is 0.161. The first-order valence-electron chi connectivity index (χ1n) is 12.5. The smallest absolute Gasteiger partial charge is 0.185 e. The predicted molar refractivity (Wildman–Crippen MR) is 146 cm³/mol. The van der Waals surface area contributed by atoms with Crippen LogP contribution in [0.15, 0.2) is 100 Å². The minimum Gasteiger partial charge on any atom is -0.508 e. The molecule has 5 rings (SSSR count). The number of hydrogen-bond acceptors (Lipinski definition) is 7. The van der Waals surface area contributed by atoms with Gasteiger partial charge in [-0.3, -0.25) is 14.5 Å². The van der Waals surface area contributed by atoms with Crippen molar-refractivity contribution >= 4 is 29.4 Å². The van der Waals surface area contributed by atoms with E-state index in [1.165, 1.54) is 12.2 Å². The highest BCUT2D eigenvalue weighted by molar-refractivity contribution is 6.07. The standard InChI is InChI=1S/C31H28N2O5/c34-29(13-10-27-3-1-19-37-27)23-5-8-26(9-6-23)33-17-15-32(16-18-33)22-25-21-24(7-12-31(25)36)30(35)14-11-28-4-2-20-38-28/h1-14,19-21,36H,15-18,22H2/b13-10+,14-11+. The third-order valence-corrected chi connectivity index (χ3v) is 6.53. The zero-order chi connectivity index (χ0) is 26.3. The Morgan fingerprint density at radius 2 is 1.34 bits per heavy atom. The van der Waals surface area contributed by atoms with Gasteiger partial charge in [0.25, 0.3) is 0 Å². The van der Waals surface area contributed by atoms with Crippen LogP contribution in [-0.2, 0) is 6.54 Å². The van der Waals surface area contributed by atoms with Gasteiger partial charge in [-0.15, -0.1) is 0 Å². The Labute approximate surface area is 220 Å². The third kappa shape index (κ3) is 6.19. The molecule has 192 valence electrons. The molecule has 3 heterocycles. The van der Waals surface area contributed by atoms with Gasteiger partial charge in [-0.25, -0.2) is 0 Å². The number of nitrogens with zero attached hydrogens (tertiary/aromatic N) is 2. The quantitative estimate of drug-likeness (QED) is 0.229. The van der Waals surface area contributed by atoms with E-state index in [4.69, 9.17) is 8.83 Å². The number of anilines is 1. The van der Waals surface area contributed by atoms with Crippen LogP contribution in [0.25, 0.3) is 12.2 Å². The van der Waals surface area contributed by atoms with Gasteiger partial charge >= 0.3 is 0 Å². The highest BCUT2D eigenvalue weighted by atomic mass is 16.3. The van der Waals surface area contributed by atoms with Gasteiger partial charge in [-0.2, -0.15) is 0 Å². The van der Waals surface area contributed by atoms with Crippen molar-refractivity contribution in [3.05, 3.63) is 120 Å². The maximum absolute atomic E-state index is 12.6. The van der Waals surface area contributed by atoms with E-state index in [2.05, 4.69) is 9.80 Å². The molecule has 1 N–H and O–H groups in total. The molecular weight excluding hydrogens is 480 g/mol. The molecule has 38 heavy (non-hydrogen) atoms. The summed E-state index contributed by atoms with van der Waals surface area (Å²) >= 11 is 0. The number of hydrogen-bond donors (Lipinski definition) is 1. The van der Waals surface area contributed by atoms with Crippen LogP contribution in [0, 0.1) is 0 Å². The lowest BCUT2D eigenvalue weighted by molar-refractivity contribution is 0.103. The van der Waals surface area contributed by atoms with Crippen molar-refractivity contribution in [3.8, 4) is 5.75 Å². The van der Waals surface area contributed by atoms with Gasteiger partial charge in [-0.05, 0) is 91.0 Å². The molecule has 2 aromatic carbocycles. The summed E-state index contributed by atoms with van der Waals surface area (Å²) < 4.78 is 10.5. The van der Waals surface area contributed by atoms with E-state index in [0.29, 0.717) is 29.2 Å². The number of carbonyl (C=O) groups excluding carboxylic acids is 2. The van der Waals surface area contributed by atoms with E-state index in [9.17, 15) is 14.7 Å². The average molecular weight is 509 g/mol. The molecule has 0 spiro atoms. The zero-order valence-corrected chi connectivity index (χ0v) is 20.8. The van der Waals surface area contributed by atoms with Crippen LogP contribution in [0.4, 0.5) is 5.69 Å². The van der Waals surface area contributed by atoms with Gasteiger partial charge in [0, 0.05) is 55.1 Å². The van der Waals surface area contributed by atoms with Gasteiger partial charge in [-0.1, -0.05) is 0 Å². The van der Waals surface area contributed by atoms with Crippen LogP contribution >= 0.6 is 0 Å². The molecule has 0 unspecified atom stereocenters. The molecule has 0 aliphatic carbocycles. The van der Waals surface area contributed by atoms with Gasteiger partial charge in [0.2, 0.25) is 0 Å². The van der Waals surface area contributed by atoms with E-state index in [1.807, 2.05) is 24.3 Å². The van der Waals surface area contributed by atoms with Crippen molar-refractivity contribution in [2.75, 3.05) is 31.1 Å². The number of allylic oxidation sites excluding steroid dienone is 2. The first kappa shape index (κ1) is 25.0. The molecule has 7 heteroatoms. The SMILES string of the molecule is O=C(/C=C/c1ccco1)c1ccc(N2CCN(Cc3cc(C(=O)/C=C/c4ccco4)ccc3O)CC2)cc1. The molecule has 7 nitrogen and oxygen atoms in total. The number of phenols is 1. The van der Waals surface area contributed by atoms with Gasteiger partial charge in [0.05, 0.1) is 12.5 Å². The monoisotopic (exact) mass is 508 g/mol. The topological polar surface area (TPSA) is 87.1 Å². The van der Waals surface area contributed by atoms with E-state index in [1.54, 1.807) is 67.1 Å². The molecule has 0 radical (unpaired) electrons. The van der Waals surface area contributed by atoms with E-state index in [-0.39, 0.29) is 17.3 Å². The zero-order valence-electron chi connectivity index (χ0n) is 20.8. The Morgan fingerprint density at radius 3 is 1.92 bits per heavy atom. The summed E-state index contributed by atoms with van der Waals surface area (Å²) in [5.41, 5.74) is 2.93. The van der Waals surface area contributed by atoms with Crippen LogP contribution in [0.1, 0.15) is 37.8 Å². The number of rotatable bonds is 9. The molecule has 1 saturated heterocycles. The normalized spacial score (nSPS) is 14.5. The van der Waals surface area contributed by atoms with Gasteiger partial charge < -0.3 is 18.8 Å². The number of carbonyl (C=O) groups is 2. The Morgan fingerprint density at radius 1 is 0.763 bits per heavy atom. The molecule has 1 fully saturated rings. The lowest BCUT2D eigenvalue weighted by Gasteiger charge is -2.36. The van der Waals surface area contributed by atoms with Crippen LogP contribution in [0.5, 0.6) is 5.75 Å². The summed E-state index contributed by atoms with van der Waals surface area (Å²) in [6.45, 7) is 3.80. The minimum absolute atomic E-state index is 0.0743. The summed E-state index contributed by atoms with van der Waals surface area (Å²) in [5.74, 6) is 1.21. The molecule has 0 atom stereocenters. The Bertz CT molecular complexity index is 1430. The molecule has 4 aromatic rings. The molecule has 1 aliphatic rings. The van der Waals surface area contributed by atoms with Crippen molar-refractivity contribution in [3.63, 3.8) is 0 Å². The molecular formula is C31H28N2O5. The van der Waals surface area contributed by atoms with E-state index in [0.717, 1.165) is 37.4 Å². The Kier molecular flexibility index (Phi) is 7.66. The van der Waals surface area contributed by atoms with Crippen LogP contribution < -0.4 is 4.90 Å². The molecule has 2 aromatic heterocycles. The number of furan rings is 2. The molecule has 1 aliphatic heterocycles. The van der Waals surface area contributed by atoms with Crippen LogP contribution in [-0.4, -0.2) is 47.8 Å². The third-order valence-electron chi connectivity index (χ3n) is 6.53. The van der Waals surface area contributed by atoms with Crippen molar-refractivity contribution in [1.29, 1.82) is 0 Å². The number of ketones is 2. The molecule has 0 saturated carbocycles.